The molecule has 110 valence electrons. The second-order valence-corrected chi connectivity index (χ2v) is 4.68. The van der Waals surface area contributed by atoms with Gasteiger partial charge in [-0.2, -0.15) is 5.26 Å². The average Bonchev–Trinajstić information content (AvgIpc) is 2.87. The van der Waals surface area contributed by atoms with Gasteiger partial charge in [0, 0.05) is 32.6 Å². The second-order valence-electron chi connectivity index (χ2n) is 4.68. The number of benzene rings is 1. The molecule has 0 bridgehead atoms. The van der Waals surface area contributed by atoms with Crippen molar-refractivity contribution in [1.82, 2.24) is 4.57 Å². The summed E-state index contributed by atoms with van der Waals surface area (Å²) in [5, 5.41) is 12.2. The minimum absolute atomic E-state index is 0.546. The molecule has 1 heterocycles. The minimum Gasteiger partial charge on any atom is -0.491 e. The van der Waals surface area contributed by atoms with Crippen molar-refractivity contribution in [3.8, 4) is 11.8 Å². The van der Waals surface area contributed by atoms with Crippen molar-refractivity contribution in [2.75, 3.05) is 25.6 Å². The van der Waals surface area contributed by atoms with Crippen LogP contribution < -0.4 is 10.1 Å². The molecule has 5 nitrogen and oxygen atoms in total. The maximum atomic E-state index is 8.92. The van der Waals surface area contributed by atoms with Gasteiger partial charge in [0.15, 0.2) is 0 Å². The first kappa shape index (κ1) is 14.9. The number of aryl methyl sites for hydroxylation is 1. The molecule has 0 aliphatic carbocycles. The van der Waals surface area contributed by atoms with Crippen LogP contribution in [0.5, 0.6) is 5.75 Å². The summed E-state index contributed by atoms with van der Waals surface area (Å²) in [5.41, 5.74) is 2.75. The quantitative estimate of drug-likeness (QED) is 0.794. The smallest absolute Gasteiger partial charge is 0.120 e. The Bertz CT molecular complexity index is 611. The summed E-state index contributed by atoms with van der Waals surface area (Å²) in [6.45, 7) is 1.80. The van der Waals surface area contributed by atoms with Crippen LogP contribution in [0, 0.1) is 11.3 Å². The zero-order chi connectivity index (χ0) is 15.1. The van der Waals surface area contributed by atoms with Crippen molar-refractivity contribution in [2.45, 2.75) is 6.54 Å². The normalized spacial score (nSPS) is 10.1. The summed E-state index contributed by atoms with van der Waals surface area (Å²) >= 11 is 0. The number of nitriles is 1. The Kier molecular flexibility index (Phi) is 5.24. The highest BCUT2D eigenvalue weighted by Crippen LogP contribution is 2.17. The lowest BCUT2D eigenvalue weighted by atomic mass is 10.2. The van der Waals surface area contributed by atoms with E-state index in [-0.39, 0.29) is 0 Å². The van der Waals surface area contributed by atoms with E-state index in [1.807, 2.05) is 48.1 Å². The molecule has 0 saturated carbocycles. The molecule has 1 aromatic heterocycles. The van der Waals surface area contributed by atoms with Crippen molar-refractivity contribution in [2.24, 2.45) is 7.05 Å². The second kappa shape index (κ2) is 7.36. The third-order valence-electron chi connectivity index (χ3n) is 3.08. The van der Waals surface area contributed by atoms with Gasteiger partial charge in [-0.25, -0.2) is 0 Å². The van der Waals surface area contributed by atoms with Gasteiger partial charge >= 0.3 is 0 Å². The Hall–Kier alpha value is -2.45. The highest BCUT2D eigenvalue weighted by Gasteiger charge is 2.02. The van der Waals surface area contributed by atoms with Crippen LogP contribution in [0.3, 0.4) is 0 Å². The Balaban J connectivity index is 1.87. The Morgan fingerprint density at radius 1 is 1.24 bits per heavy atom. The van der Waals surface area contributed by atoms with Gasteiger partial charge in [-0.1, -0.05) is 0 Å². The van der Waals surface area contributed by atoms with E-state index >= 15 is 0 Å². The van der Waals surface area contributed by atoms with E-state index in [1.165, 1.54) is 0 Å². The highest BCUT2D eigenvalue weighted by molar-refractivity contribution is 5.47. The molecule has 0 aliphatic heterocycles. The number of nitrogens with zero attached hydrogens (tertiary/aromatic N) is 2. The van der Waals surface area contributed by atoms with Crippen LogP contribution in [0.25, 0.3) is 0 Å². The third kappa shape index (κ3) is 4.26. The average molecular weight is 285 g/mol. The molecule has 5 heteroatoms. The predicted molar refractivity (Wildman–Crippen MR) is 81.3 cm³/mol. The molecule has 0 aliphatic rings. The molecule has 0 saturated heterocycles. The number of methoxy groups -OCH3 is 1. The first-order valence-corrected chi connectivity index (χ1v) is 6.74. The molecule has 21 heavy (non-hydrogen) atoms. The molecule has 0 spiro atoms. The maximum absolute atomic E-state index is 8.92. The first-order valence-electron chi connectivity index (χ1n) is 6.74. The van der Waals surface area contributed by atoms with Crippen molar-refractivity contribution in [3.63, 3.8) is 0 Å². The predicted octanol–water partition coefficient (Wildman–Crippen LogP) is 2.53. The molecular weight excluding hydrogens is 266 g/mol. The largest absolute Gasteiger partial charge is 0.491 e. The Morgan fingerprint density at radius 2 is 2.00 bits per heavy atom. The summed E-state index contributed by atoms with van der Waals surface area (Å²) in [4.78, 5) is 0. The topological polar surface area (TPSA) is 59.2 Å². The minimum atomic E-state index is 0.546. The van der Waals surface area contributed by atoms with Crippen molar-refractivity contribution in [3.05, 3.63) is 47.8 Å². The fourth-order valence-electron chi connectivity index (χ4n) is 1.96. The summed E-state index contributed by atoms with van der Waals surface area (Å²) < 4.78 is 12.3. The van der Waals surface area contributed by atoms with Gasteiger partial charge in [-0.15, -0.1) is 0 Å². The number of ether oxygens (including phenoxy) is 2. The van der Waals surface area contributed by atoms with Crippen molar-refractivity contribution < 1.29 is 9.47 Å². The molecule has 2 rings (SSSR count). The van der Waals surface area contributed by atoms with Gasteiger partial charge in [0.2, 0.25) is 0 Å². The molecule has 2 aromatic rings. The van der Waals surface area contributed by atoms with Gasteiger partial charge in [0.1, 0.15) is 24.1 Å². The zero-order valence-corrected chi connectivity index (χ0v) is 12.3. The van der Waals surface area contributed by atoms with Crippen LogP contribution in [0.1, 0.15) is 11.3 Å². The van der Waals surface area contributed by atoms with E-state index in [4.69, 9.17) is 14.7 Å². The van der Waals surface area contributed by atoms with Crippen LogP contribution in [0.4, 0.5) is 5.69 Å². The fraction of sp³-hybridized carbons (Fsp3) is 0.312. The van der Waals surface area contributed by atoms with Crippen LogP contribution in [0.2, 0.25) is 0 Å². The molecular formula is C16H19N3O2. The van der Waals surface area contributed by atoms with Crippen LogP contribution in [0.15, 0.2) is 36.5 Å². The molecule has 0 amide bonds. The number of aromatic nitrogens is 1. The van der Waals surface area contributed by atoms with E-state index in [2.05, 4.69) is 11.4 Å². The fourth-order valence-corrected chi connectivity index (χ4v) is 1.96. The van der Waals surface area contributed by atoms with Crippen LogP contribution in [-0.4, -0.2) is 24.9 Å². The number of hydrogen-bond acceptors (Lipinski definition) is 4. The lowest BCUT2D eigenvalue weighted by molar-refractivity contribution is 0.146. The van der Waals surface area contributed by atoms with E-state index in [0.29, 0.717) is 25.5 Å². The van der Waals surface area contributed by atoms with E-state index in [9.17, 15) is 0 Å². The van der Waals surface area contributed by atoms with Gasteiger partial charge in [0.25, 0.3) is 0 Å². The lowest BCUT2D eigenvalue weighted by Crippen LogP contribution is -2.04. The van der Waals surface area contributed by atoms with Crippen molar-refractivity contribution >= 4 is 5.69 Å². The van der Waals surface area contributed by atoms with Crippen LogP contribution in [-0.2, 0) is 18.3 Å². The highest BCUT2D eigenvalue weighted by atomic mass is 16.5. The molecule has 0 unspecified atom stereocenters. The number of rotatable bonds is 7. The zero-order valence-electron chi connectivity index (χ0n) is 12.3. The number of hydrogen-bond donors (Lipinski definition) is 1. The molecule has 0 atom stereocenters. The van der Waals surface area contributed by atoms with Gasteiger partial charge in [0.05, 0.1) is 6.61 Å². The van der Waals surface area contributed by atoms with E-state index in [1.54, 1.807) is 7.11 Å². The van der Waals surface area contributed by atoms with Crippen molar-refractivity contribution in [1.29, 1.82) is 5.26 Å². The Morgan fingerprint density at radius 3 is 2.62 bits per heavy atom. The SMILES string of the molecule is COCCOc1ccc(NCc2cc(C#N)n(C)c2)cc1. The summed E-state index contributed by atoms with van der Waals surface area (Å²) in [5.74, 6) is 0.823. The summed E-state index contributed by atoms with van der Waals surface area (Å²) in [7, 11) is 3.52. The van der Waals surface area contributed by atoms with Gasteiger partial charge in [-0.3, -0.25) is 0 Å². The first-order chi connectivity index (χ1) is 10.2. The third-order valence-corrected chi connectivity index (χ3v) is 3.08. The van der Waals surface area contributed by atoms with E-state index < -0.39 is 0 Å². The molecule has 1 N–H and O–H groups in total. The molecule has 1 aromatic carbocycles. The van der Waals surface area contributed by atoms with Gasteiger partial charge < -0.3 is 19.4 Å². The summed E-state index contributed by atoms with van der Waals surface area (Å²) in [6.07, 6.45) is 1.95. The maximum Gasteiger partial charge on any atom is 0.120 e. The monoisotopic (exact) mass is 285 g/mol. The standard InChI is InChI=1S/C16H19N3O2/c1-19-12-13(9-15(19)10-17)11-18-14-3-5-16(6-4-14)21-8-7-20-2/h3-6,9,12,18H,7-8,11H2,1-2H3. The number of anilines is 1. The Labute approximate surface area is 124 Å². The van der Waals surface area contributed by atoms with Gasteiger partial charge in [-0.05, 0) is 35.9 Å². The van der Waals surface area contributed by atoms with Crippen LogP contribution >= 0.6 is 0 Å². The molecule has 0 fully saturated rings. The lowest BCUT2D eigenvalue weighted by Gasteiger charge is -2.08. The number of nitrogens with one attached hydrogen (secondary N) is 1. The summed E-state index contributed by atoms with van der Waals surface area (Å²) in [6, 6.07) is 11.8. The van der Waals surface area contributed by atoms with E-state index in [0.717, 1.165) is 17.0 Å². The molecule has 0 radical (unpaired) electrons.